The van der Waals surface area contributed by atoms with Crippen LogP contribution in [0.1, 0.15) is 213 Å². The molecular weight excluding hydrogens is 707 g/mol. The first-order valence-corrected chi connectivity index (χ1v) is 23.6. The van der Waals surface area contributed by atoms with Gasteiger partial charge in [0.05, 0.1) is 25.4 Å². The minimum Gasteiger partial charge on any atom is -0.394 e. The highest BCUT2D eigenvalue weighted by Gasteiger charge is 2.44. The zero-order chi connectivity index (χ0) is 40.9. The monoisotopic (exact) mass is 796 g/mol. The number of carbonyl (C=O) groups is 1. The van der Waals surface area contributed by atoms with Crippen LogP contribution in [0.3, 0.4) is 0 Å². The molecule has 56 heavy (non-hydrogen) atoms. The van der Waals surface area contributed by atoms with Crippen LogP contribution in [0.25, 0.3) is 0 Å². The Labute approximate surface area is 343 Å². The van der Waals surface area contributed by atoms with Crippen LogP contribution in [0, 0.1) is 0 Å². The molecule has 0 saturated carbocycles. The Hall–Kier alpha value is -1.33. The lowest BCUT2D eigenvalue weighted by Gasteiger charge is -2.40. The van der Waals surface area contributed by atoms with Gasteiger partial charge in [-0.05, 0) is 38.5 Å². The molecule has 1 aliphatic heterocycles. The van der Waals surface area contributed by atoms with Gasteiger partial charge in [0.25, 0.3) is 0 Å². The summed E-state index contributed by atoms with van der Waals surface area (Å²) in [6, 6.07) is -0.806. The molecule has 0 aromatic heterocycles. The first kappa shape index (κ1) is 52.7. The molecule has 1 amide bonds. The lowest BCUT2D eigenvalue weighted by atomic mass is 9.99. The molecule has 1 fully saturated rings. The van der Waals surface area contributed by atoms with Gasteiger partial charge in [-0.3, -0.25) is 4.79 Å². The third kappa shape index (κ3) is 28.2. The van der Waals surface area contributed by atoms with E-state index in [1.54, 1.807) is 6.08 Å². The number of carbonyl (C=O) groups excluding carboxylic acids is 1. The summed E-state index contributed by atoms with van der Waals surface area (Å²) in [5.41, 5.74) is 0. The largest absolute Gasteiger partial charge is 0.394 e. The quantitative estimate of drug-likeness (QED) is 0.0266. The second kappa shape index (κ2) is 37.9. The fourth-order valence-electron chi connectivity index (χ4n) is 7.43. The van der Waals surface area contributed by atoms with Crippen LogP contribution >= 0.6 is 0 Å². The lowest BCUT2D eigenvalue weighted by molar-refractivity contribution is -0.302. The number of ether oxygens (including phenoxy) is 2. The molecule has 1 aliphatic rings. The van der Waals surface area contributed by atoms with Gasteiger partial charge in [0.1, 0.15) is 24.4 Å². The van der Waals surface area contributed by atoms with Crippen molar-refractivity contribution in [1.29, 1.82) is 0 Å². The van der Waals surface area contributed by atoms with E-state index in [-0.39, 0.29) is 12.5 Å². The van der Waals surface area contributed by atoms with Gasteiger partial charge < -0.3 is 40.3 Å². The van der Waals surface area contributed by atoms with Crippen LogP contribution in [-0.2, 0) is 14.3 Å². The van der Waals surface area contributed by atoms with Gasteiger partial charge in [-0.15, -0.1) is 0 Å². The Morgan fingerprint density at radius 1 is 0.589 bits per heavy atom. The minimum absolute atomic E-state index is 0.191. The maximum atomic E-state index is 12.9. The number of amides is 1. The minimum atomic E-state index is -1.57. The van der Waals surface area contributed by atoms with E-state index < -0.39 is 49.5 Å². The molecule has 6 N–H and O–H groups in total. The maximum absolute atomic E-state index is 12.9. The van der Waals surface area contributed by atoms with Crippen molar-refractivity contribution >= 4 is 5.91 Å². The summed E-state index contributed by atoms with van der Waals surface area (Å²) < 4.78 is 11.2. The van der Waals surface area contributed by atoms with Gasteiger partial charge in [-0.1, -0.05) is 192 Å². The Balaban J connectivity index is 2.27. The second-order valence-electron chi connectivity index (χ2n) is 16.5. The standard InChI is InChI=1S/C47H89NO8/c1-3-5-7-9-11-13-15-16-17-18-19-20-21-22-23-24-25-26-27-28-30-32-34-36-41(50)40(39-55-47-46(54)45(53)44(52)42(38-49)56-47)48-43(51)37-35-33-31-29-14-12-10-8-6-4-2/h10,12,34,36,40-42,44-47,49-50,52-54H,3-9,11,13-33,35,37-39H2,1-2H3,(H,48,51)/b12-10-,36-34+. The molecule has 1 heterocycles. The van der Waals surface area contributed by atoms with Crippen molar-refractivity contribution < 1.29 is 39.8 Å². The molecule has 1 rings (SSSR count). The fraction of sp³-hybridized carbons (Fsp3) is 0.894. The number of rotatable bonds is 39. The topological polar surface area (TPSA) is 149 Å². The number of aliphatic hydroxyl groups excluding tert-OH is 5. The smallest absolute Gasteiger partial charge is 0.220 e. The van der Waals surface area contributed by atoms with E-state index in [0.717, 1.165) is 57.8 Å². The predicted molar refractivity (Wildman–Crippen MR) is 230 cm³/mol. The van der Waals surface area contributed by atoms with E-state index in [1.807, 2.05) is 6.08 Å². The van der Waals surface area contributed by atoms with Gasteiger partial charge in [0.2, 0.25) is 5.91 Å². The molecular formula is C47H89NO8. The molecule has 7 unspecified atom stereocenters. The lowest BCUT2D eigenvalue weighted by Crippen LogP contribution is -2.60. The molecule has 0 bridgehead atoms. The summed E-state index contributed by atoms with van der Waals surface area (Å²) in [4.78, 5) is 12.9. The summed E-state index contributed by atoms with van der Waals surface area (Å²) in [7, 11) is 0. The van der Waals surface area contributed by atoms with Gasteiger partial charge in [-0.2, -0.15) is 0 Å². The summed E-state index contributed by atoms with van der Waals surface area (Å²) in [5.74, 6) is -0.191. The van der Waals surface area contributed by atoms with Crippen molar-refractivity contribution in [2.75, 3.05) is 13.2 Å². The number of hydrogen-bond acceptors (Lipinski definition) is 8. The normalized spacial score (nSPS) is 21.3. The van der Waals surface area contributed by atoms with Gasteiger partial charge in [0, 0.05) is 6.42 Å². The number of allylic oxidation sites excluding steroid dienone is 3. The van der Waals surface area contributed by atoms with Crippen LogP contribution in [-0.4, -0.2) is 87.5 Å². The van der Waals surface area contributed by atoms with Crippen LogP contribution < -0.4 is 5.32 Å². The molecule has 1 saturated heterocycles. The van der Waals surface area contributed by atoms with Crippen molar-refractivity contribution in [1.82, 2.24) is 5.32 Å². The molecule has 0 spiro atoms. The first-order valence-electron chi connectivity index (χ1n) is 23.6. The number of unbranched alkanes of at least 4 members (excludes halogenated alkanes) is 27. The third-order valence-corrected chi connectivity index (χ3v) is 11.3. The molecule has 0 aromatic carbocycles. The zero-order valence-electron chi connectivity index (χ0n) is 36.1. The van der Waals surface area contributed by atoms with Crippen LogP contribution in [0.2, 0.25) is 0 Å². The first-order chi connectivity index (χ1) is 27.3. The molecule has 0 aliphatic carbocycles. The molecule has 9 heteroatoms. The van der Waals surface area contributed by atoms with E-state index in [2.05, 4.69) is 31.3 Å². The molecule has 0 aromatic rings. The number of aliphatic hydroxyl groups is 5. The third-order valence-electron chi connectivity index (χ3n) is 11.3. The van der Waals surface area contributed by atoms with Crippen molar-refractivity contribution in [3.63, 3.8) is 0 Å². The van der Waals surface area contributed by atoms with Gasteiger partial charge in [0.15, 0.2) is 6.29 Å². The Morgan fingerprint density at radius 3 is 1.50 bits per heavy atom. The fourth-order valence-corrected chi connectivity index (χ4v) is 7.43. The summed E-state index contributed by atoms with van der Waals surface area (Å²) in [5, 5.41) is 54.1. The van der Waals surface area contributed by atoms with Crippen molar-refractivity contribution in [3.8, 4) is 0 Å². The Bertz CT molecular complexity index is 930. The summed E-state index contributed by atoms with van der Waals surface area (Å²) >= 11 is 0. The van der Waals surface area contributed by atoms with Crippen molar-refractivity contribution in [2.24, 2.45) is 0 Å². The van der Waals surface area contributed by atoms with Gasteiger partial charge >= 0.3 is 0 Å². The summed E-state index contributed by atoms with van der Waals surface area (Å²) in [6.45, 7) is 3.72. The van der Waals surface area contributed by atoms with Crippen LogP contribution in [0.15, 0.2) is 24.3 Å². The van der Waals surface area contributed by atoms with Crippen LogP contribution in [0.5, 0.6) is 0 Å². The molecule has 9 nitrogen and oxygen atoms in total. The summed E-state index contributed by atoms with van der Waals surface area (Å²) in [6.07, 6.45) is 38.1. The van der Waals surface area contributed by atoms with Crippen LogP contribution in [0.4, 0.5) is 0 Å². The van der Waals surface area contributed by atoms with Crippen molar-refractivity contribution in [3.05, 3.63) is 24.3 Å². The SMILES string of the molecule is CCCC/C=C\CCCCCCC(=O)NC(COC1OC(CO)C(O)C(O)C1O)C(O)/C=C/CCCCCCCCCCCCCCCCCCCCCCC. The van der Waals surface area contributed by atoms with E-state index >= 15 is 0 Å². The van der Waals surface area contributed by atoms with E-state index in [9.17, 15) is 30.3 Å². The highest BCUT2D eigenvalue weighted by atomic mass is 16.7. The highest BCUT2D eigenvalue weighted by Crippen LogP contribution is 2.23. The van der Waals surface area contributed by atoms with E-state index in [0.29, 0.717) is 6.42 Å². The average Bonchev–Trinajstić information content (AvgIpc) is 3.20. The maximum Gasteiger partial charge on any atom is 0.220 e. The number of hydrogen-bond donors (Lipinski definition) is 6. The van der Waals surface area contributed by atoms with E-state index in [1.165, 1.54) is 135 Å². The average molecular weight is 796 g/mol. The predicted octanol–water partition coefficient (Wildman–Crippen LogP) is 9.89. The van der Waals surface area contributed by atoms with Crippen molar-refractivity contribution in [2.45, 2.75) is 256 Å². The zero-order valence-corrected chi connectivity index (χ0v) is 36.1. The Kier molecular flexibility index (Phi) is 35.7. The second-order valence-corrected chi connectivity index (χ2v) is 16.5. The highest BCUT2D eigenvalue weighted by molar-refractivity contribution is 5.76. The molecule has 0 radical (unpaired) electrons. The number of nitrogens with one attached hydrogen (secondary N) is 1. The molecule has 330 valence electrons. The van der Waals surface area contributed by atoms with E-state index in [4.69, 9.17) is 9.47 Å². The molecule has 7 atom stereocenters. The van der Waals surface area contributed by atoms with Gasteiger partial charge in [-0.25, -0.2) is 0 Å². The Morgan fingerprint density at radius 2 is 1.02 bits per heavy atom.